The van der Waals surface area contributed by atoms with Gasteiger partial charge in [0.1, 0.15) is 5.69 Å². The lowest BCUT2D eigenvalue weighted by molar-refractivity contribution is -0.540. The highest BCUT2D eigenvalue weighted by Gasteiger charge is 2.16. The van der Waals surface area contributed by atoms with E-state index in [1.54, 1.807) is 6.07 Å². The average molecular weight is 432 g/mol. The predicted molar refractivity (Wildman–Crippen MR) is 131 cm³/mol. The Morgan fingerprint density at radius 3 is 1.61 bits per heavy atom. The number of rotatable bonds is 20. The molecule has 0 bridgehead atoms. The molecule has 0 saturated carbocycles. The van der Waals surface area contributed by atoms with Gasteiger partial charge in [0.25, 0.3) is 0 Å². The van der Waals surface area contributed by atoms with Crippen LogP contribution in [0.4, 0.5) is 5.69 Å². The molecule has 0 atom stereocenters. The highest BCUT2D eigenvalue weighted by atomic mass is 16.4. The van der Waals surface area contributed by atoms with Crippen molar-refractivity contribution in [2.45, 2.75) is 129 Å². The van der Waals surface area contributed by atoms with E-state index >= 15 is 0 Å². The van der Waals surface area contributed by atoms with Gasteiger partial charge >= 0.3 is 0 Å². The van der Waals surface area contributed by atoms with Crippen LogP contribution >= 0.6 is 0 Å². The maximum absolute atomic E-state index is 11.6. The summed E-state index contributed by atoms with van der Waals surface area (Å²) in [5.41, 5.74) is 3.88. The zero-order chi connectivity index (χ0) is 22.7. The molecule has 0 aromatic heterocycles. The second-order valence-corrected chi connectivity index (χ2v) is 9.19. The van der Waals surface area contributed by atoms with Gasteiger partial charge in [-0.25, -0.2) is 0 Å². The van der Waals surface area contributed by atoms with Crippen LogP contribution in [0.1, 0.15) is 138 Å². The number of benzene rings is 1. The van der Waals surface area contributed by atoms with Crippen LogP contribution in [0.2, 0.25) is 0 Å². The number of hydrogen-bond acceptors (Lipinski definition) is 2. The molecule has 1 aromatic carbocycles. The molecule has 3 nitrogen and oxygen atoms in total. The van der Waals surface area contributed by atoms with Gasteiger partial charge in [-0.2, -0.15) is 0 Å². The summed E-state index contributed by atoms with van der Waals surface area (Å²) < 4.78 is 0. The van der Waals surface area contributed by atoms with Crippen molar-refractivity contribution in [1.29, 1.82) is 0 Å². The summed E-state index contributed by atoms with van der Waals surface area (Å²) in [6, 6.07) is 3.82. The first-order valence-electron chi connectivity index (χ1n) is 13.3. The van der Waals surface area contributed by atoms with Crippen molar-refractivity contribution in [3.63, 3.8) is 0 Å². The smallest absolute Gasteiger partial charge is 0.142 e. The summed E-state index contributed by atoms with van der Waals surface area (Å²) in [4.78, 5) is 11.6. The van der Waals surface area contributed by atoms with E-state index in [1.165, 1.54) is 107 Å². The molecule has 0 aliphatic heterocycles. The van der Waals surface area contributed by atoms with Crippen molar-refractivity contribution in [3.8, 4) is 0 Å². The van der Waals surface area contributed by atoms with E-state index in [0.29, 0.717) is 5.56 Å². The Balaban J connectivity index is 2.57. The summed E-state index contributed by atoms with van der Waals surface area (Å²) in [5.74, 6) is -1.05. The van der Waals surface area contributed by atoms with E-state index in [-0.39, 0.29) is 0 Å². The van der Waals surface area contributed by atoms with Crippen LogP contribution in [0.15, 0.2) is 12.1 Å². The fraction of sp³-hybridized carbons (Fsp3) is 0.750. The Bertz CT molecular complexity index is 597. The van der Waals surface area contributed by atoms with Crippen molar-refractivity contribution in [2.24, 2.45) is 0 Å². The molecule has 31 heavy (non-hydrogen) atoms. The Labute approximate surface area is 192 Å². The maximum Gasteiger partial charge on any atom is 0.142 e. The third-order valence-electron chi connectivity index (χ3n) is 6.54. The fourth-order valence-electron chi connectivity index (χ4n) is 4.63. The van der Waals surface area contributed by atoms with Gasteiger partial charge in [-0.3, -0.25) is 0 Å². The summed E-state index contributed by atoms with van der Waals surface area (Å²) in [6.45, 7) is 4.52. The van der Waals surface area contributed by atoms with Crippen LogP contribution in [0.25, 0.3) is 0 Å². The molecule has 0 amide bonds. The first kappa shape index (κ1) is 27.7. The molecule has 0 unspecified atom stereocenters. The van der Waals surface area contributed by atoms with Crippen molar-refractivity contribution >= 4 is 11.7 Å². The zero-order valence-corrected chi connectivity index (χ0v) is 20.8. The Morgan fingerprint density at radius 2 is 1.16 bits per heavy atom. The van der Waals surface area contributed by atoms with Crippen LogP contribution in [0.5, 0.6) is 0 Å². The lowest BCUT2D eigenvalue weighted by Crippen LogP contribution is -2.74. The Morgan fingerprint density at radius 1 is 0.710 bits per heavy atom. The van der Waals surface area contributed by atoms with E-state index in [0.717, 1.165) is 24.9 Å². The fourth-order valence-corrected chi connectivity index (χ4v) is 4.63. The van der Waals surface area contributed by atoms with Gasteiger partial charge in [0, 0.05) is 5.56 Å². The average Bonchev–Trinajstić information content (AvgIpc) is 2.77. The molecular weight excluding hydrogens is 382 g/mol. The molecule has 0 spiro atoms. The summed E-state index contributed by atoms with van der Waals surface area (Å²) in [7, 11) is 1.96. The number of unbranched alkanes of at least 4 members (excludes halogenated alkanes) is 14. The standard InChI is InChI=1S/C28H49NO2/c1-4-6-8-10-12-14-16-18-20-24-22-23-26(28(30)31)27(29-3)25(24)21-19-17-15-13-11-9-7-5-2/h22-23,29H,4-21H2,1-3H3,(H,30,31). The van der Waals surface area contributed by atoms with Crippen LogP contribution < -0.4 is 10.4 Å². The lowest BCUT2D eigenvalue weighted by Gasteiger charge is -2.16. The van der Waals surface area contributed by atoms with Crippen LogP contribution in [0.3, 0.4) is 0 Å². The number of carboxylic acids is 1. The molecule has 3 heteroatoms. The van der Waals surface area contributed by atoms with Gasteiger partial charge < -0.3 is 15.2 Å². The highest BCUT2D eigenvalue weighted by molar-refractivity contribution is 5.91. The van der Waals surface area contributed by atoms with Crippen molar-refractivity contribution in [2.75, 3.05) is 7.05 Å². The van der Waals surface area contributed by atoms with E-state index < -0.39 is 5.97 Å². The minimum absolute atomic E-state index is 0.358. The quantitative estimate of drug-likeness (QED) is 0.196. The number of carboxylic acid groups (broad SMARTS) is 1. The normalized spacial score (nSPS) is 11.2. The predicted octanol–water partition coefficient (Wildman–Crippen LogP) is 6.24. The maximum atomic E-state index is 11.6. The number of hydrogen-bond donors (Lipinski definition) is 1. The van der Waals surface area contributed by atoms with E-state index in [1.807, 2.05) is 12.4 Å². The first-order chi connectivity index (χ1) is 15.2. The molecule has 0 radical (unpaired) electrons. The van der Waals surface area contributed by atoms with Gasteiger partial charge in [-0.1, -0.05) is 110 Å². The number of carbonyl (C=O) groups excluding carboxylic acids is 1. The van der Waals surface area contributed by atoms with Crippen molar-refractivity contribution in [1.82, 2.24) is 0 Å². The highest BCUT2D eigenvalue weighted by Crippen LogP contribution is 2.25. The number of quaternary nitrogens is 1. The summed E-state index contributed by atoms with van der Waals surface area (Å²) >= 11 is 0. The number of aryl methyl sites for hydroxylation is 1. The first-order valence-corrected chi connectivity index (χ1v) is 13.3. The van der Waals surface area contributed by atoms with Gasteiger partial charge in [0.05, 0.1) is 18.6 Å². The van der Waals surface area contributed by atoms with Gasteiger partial charge in [0.2, 0.25) is 0 Å². The van der Waals surface area contributed by atoms with Gasteiger partial charge in [0.15, 0.2) is 0 Å². The van der Waals surface area contributed by atoms with Crippen LogP contribution in [0, 0.1) is 0 Å². The number of nitrogens with two attached hydrogens (primary N) is 1. The molecule has 1 rings (SSSR count). The molecule has 178 valence electrons. The molecule has 0 aliphatic rings. The van der Waals surface area contributed by atoms with E-state index in [4.69, 9.17) is 0 Å². The van der Waals surface area contributed by atoms with Crippen molar-refractivity contribution in [3.05, 3.63) is 28.8 Å². The van der Waals surface area contributed by atoms with E-state index in [9.17, 15) is 9.90 Å². The molecule has 0 saturated heterocycles. The SMILES string of the molecule is CCCCCCCCCCc1ccc(C(=O)[O-])c([NH2+]C)c1CCCCCCCCCC. The number of carbonyl (C=O) groups is 1. The zero-order valence-electron chi connectivity index (χ0n) is 20.8. The Hall–Kier alpha value is -1.35. The monoisotopic (exact) mass is 431 g/mol. The molecule has 2 N–H and O–H groups in total. The molecule has 0 heterocycles. The lowest BCUT2D eigenvalue weighted by atomic mass is 9.92. The molecule has 0 fully saturated rings. The minimum Gasteiger partial charge on any atom is -0.545 e. The Kier molecular flexibility index (Phi) is 16.3. The van der Waals surface area contributed by atoms with Gasteiger partial charge in [-0.15, -0.1) is 0 Å². The largest absolute Gasteiger partial charge is 0.545 e. The topological polar surface area (TPSA) is 56.7 Å². The number of aromatic carboxylic acids is 1. The third kappa shape index (κ3) is 11.7. The summed E-state index contributed by atoms with van der Waals surface area (Å²) in [6.07, 6.45) is 23.0. The molecule has 1 aromatic rings. The second kappa shape index (κ2) is 18.2. The van der Waals surface area contributed by atoms with Gasteiger partial charge in [-0.05, 0) is 37.3 Å². The van der Waals surface area contributed by atoms with Crippen molar-refractivity contribution < 1.29 is 15.2 Å². The molecular formula is C28H49NO2. The summed E-state index contributed by atoms with van der Waals surface area (Å²) in [5, 5.41) is 13.6. The van der Waals surface area contributed by atoms with Crippen LogP contribution in [-0.2, 0) is 12.8 Å². The second-order valence-electron chi connectivity index (χ2n) is 9.19. The minimum atomic E-state index is -1.05. The third-order valence-corrected chi connectivity index (χ3v) is 6.54. The van der Waals surface area contributed by atoms with Crippen LogP contribution in [-0.4, -0.2) is 13.0 Å². The molecule has 0 aliphatic carbocycles. The van der Waals surface area contributed by atoms with E-state index in [2.05, 4.69) is 19.9 Å².